The molecule has 19 heavy (non-hydrogen) atoms. The number of carbonyl (C=O) groups is 1. The molecule has 2 saturated heterocycles. The summed E-state index contributed by atoms with van der Waals surface area (Å²) in [5.74, 6) is 0.197. The summed E-state index contributed by atoms with van der Waals surface area (Å²) in [6, 6.07) is 3.43. The van der Waals surface area contributed by atoms with E-state index in [4.69, 9.17) is 0 Å². The molecule has 0 saturated carbocycles. The lowest BCUT2D eigenvalue weighted by molar-refractivity contribution is 0.0906. The highest BCUT2D eigenvalue weighted by atomic mass is 32.2. The van der Waals surface area contributed by atoms with E-state index < -0.39 is 0 Å². The lowest BCUT2D eigenvalue weighted by Gasteiger charge is -2.26. The van der Waals surface area contributed by atoms with Gasteiger partial charge in [-0.25, -0.2) is 4.39 Å². The second-order valence-electron chi connectivity index (χ2n) is 5.91. The Labute approximate surface area is 118 Å². The van der Waals surface area contributed by atoms with Crippen LogP contribution in [0.15, 0.2) is 12.1 Å². The van der Waals surface area contributed by atoms with Crippen LogP contribution in [0.1, 0.15) is 47.2 Å². The first-order chi connectivity index (χ1) is 9.04. The van der Waals surface area contributed by atoms with Crippen molar-refractivity contribution in [1.82, 2.24) is 0 Å². The summed E-state index contributed by atoms with van der Waals surface area (Å²) in [6.45, 7) is 3.47. The number of carbonyl (C=O) groups excluding carboxylic acids is 1. The Balaban J connectivity index is 1.84. The van der Waals surface area contributed by atoms with Crippen LogP contribution in [0, 0.1) is 25.6 Å². The molecule has 3 heteroatoms. The van der Waals surface area contributed by atoms with Gasteiger partial charge in [0.1, 0.15) is 5.82 Å². The molecule has 2 bridgehead atoms. The number of benzene rings is 1. The molecule has 2 aliphatic heterocycles. The number of fused-ring (bicyclic) bond motifs is 2. The molecule has 102 valence electrons. The van der Waals surface area contributed by atoms with Crippen LogP contribution in [0.5, 0.6) is 0 Å². The van der Waals surface area contributed by atoms with Crippen molar-refractivity contribution in [3.05, 3.63) is 34.6 Å². The number of hydrogen-bond donors (Lipinski definition) is 0. The van der Waals surface area contributed by atoms with Crippen molar-refractivity contribution in [2.75, 3.05) is 0 Å². The van der Waals surface area contributed by atoms with E-state index in [-0.39, 0.29) is 17.5 Å². The van der Waals surface area contributed by atoms with Crippen molar-refractivity contribution < 1.29 is 9.18 Å². The van der Waals surface area contributed by atoms with Crippen LogP contribution >= 0.6 is 11.8 Å². The van der Waals surface area contributed by atoms with Gasteiger partial charge in [-0.1, -0.05) is 0 Å². The van der Waals surface area contributed by atoms with Crippen molar-refractivity contribution in [2.24, 2.45) is 5.92 Å². The predicted octanol–water partition coefficient (Wildman–Crippen LogP) is 4.30. The van der Waals surface area contributed by atoms with Gasteiger partial charge in [0, 0.05) is 22.0 Å². The molecule has 3 rings (SSSR count). The largest absolute Gasteiger partial charge is 0.294 e. The SMILES string of the molecule is Cc1cc(C(=O)C2CC3CCC(C2)S3)cc(C)c1F. The first-order valence-corrected chi connectivity index (χ1v) is 7.95. The van der Waals surface area contributed by atoms with Crippen LogP contribution in [-0.2, 0) is 0 Å². The van der Waals surface area contributed by atoms with Gasteiger partial charge in [-0.2, -0.15) is 11.8 Å². The smallest absolute Gasteiger partial charge is 0.166 e. The molecule has 1 nitrogen and oxygen atoms in total. The maximum atomic E-state index is 13.6. The van der Waals surface area contributed by atoms with Gasteiger partial charge in [0.05, 0.1) is 0 Å². The number of rotatable bonds is 2. The summed E-state index contributed by atoms with van der Waals surface area (Å²) in [7, 11) is 0. The standard InChI is InChI=1S/C16H19FOS/c1-9-5-11(6-10(2)15(9)17)16(18)12-7-13-3-4-14(8-12)19-13/h5-6,12-14H,3-4,7-8H2,1-2H3. The van der Waals surface area contributed by atoms with Gasteiger partial charge < -0.3 is 0 Å². The molecule has 0 aromatic heterocycles. The topological polar surface area (TPSA) is 17.1 Å². The molecule has 1 aromatic carbocycles. The zero-order valence-electron chi connectivity index (χ0n) is 11.4. The van der Waals surface area contributed by atoms with Gasteiger partial charge >= 0.3 is 0 Å². The predicted molar refractivity (Wildman–Crippen MR) is 77.3 cm³/mol. The minimum absolute atomic E-state index is 0.156. The Hall–Kier alpha value is -0.830. The van der Waals surface area contributed by atoms with E-state index in [2.05, 4.69) is 11.8 Å². The molecule has 0 amide bonds. The third-order valence-electron chi connectivity index (χ3n) is 4.38. The van der Waals surface area contributed by atoms with Crippen LogP contribution in [0.4, 0.5) is 4.39 Å². The quantitative estimate of drug-likeness (QED) is 0.750. The first-order valence-electron chi connectivity index (χ1n) is 7.01. The number of ketones is 1. The summed E-state index contributed by atoms with van der Waals surface area (Å²) in [5.41, 5.74) is 1.86. The fraction of sp³-hybridized carbons (Fsp3) is 0.562. The van der Waals surface area contributed by atoms with Crippen LogP contribution in [0.3, 0.4) is 0 Å². The average molecular weight is 278 g/mol. The molecule has 0 radical (unpaired) electrons. The highest BCUT2D eigenvalue weighted by Gasteiger charge is 2.37. The Morgan fingerprint density at radius 2 is 1.68 bits per heavy atom. The number of hydrogen-bond acceptors (Lipinski definition) is 2. The number of aryl methyl sites for hydroxylation is 2. The Morgan fingerprint density at radius 3 is 2.21 bits per heavy atom. The minimum Gasteiger partial charge on any atom is -0.294 e. The van der Waals surface area contributed by atoms with Crippen molar-refractivity contribution in [3.8, 4) is 0 Å². The van der Waals surface area contributed by atoms with Crippen molar-refractivity contribution in [2.45, 2.75) is 50.0 Å². The van der Waals surface area contributed by atoms with Crippen LogP contribution in [-0.4, -0.2) is 16.3 Å². The fourth-order valence-corrected chi connectivity index (χ4v) is 5.17. The Morgan fingerprint density at radius 1 is 1.16 bits per heavy atom. The normalized spacial score (nSPS) is 29.5. The summed E-state index contributed by atoms with van der Waals surface area (Å²) in [4.78, 5) is 12.6. The van der Waals surface area contributed by atoms with E-state index in [1.54, 1.807) is 26.0 Å². The maximum Gasteiger partial charge on any atom is 0.166 e. The maximum absolute atomic E-state index is 13.6. The summed E-state index contributed by atoms with van der Waals surface area (Å²) in [6.07, 6.45) is 4.55. The highest BCUT2D eigenvalue weighted by molar-refractivity contribution is 8.00. The molecule has 2 heterocycles. The van der Waals surface area contributed by atoms with Gasteiger partial charge in [0.25, 0.3) is 0 Å². The highest BCUT2D eigenvalue weighted by Crippen LogP contribution is 2.46. The minimum atomic E-state index is -0.184. The molecule has 0 N–H and O–H groups in total. The van der Waals surface area contributed by atoms with E-state index in [9.17, 15) is 9.18 Å². The van der Waals surface area contributed by atoms with Crippen LogP contribution in [0.25, 0.3) is 0 Å². The Kier molecular flexibility index (Phi) is 3.42. The lowest BCUT2D eigenvalue weighted by atomic mass is 9.89. The van der Waals surface area contributed by atoms with Crippen LogP contribution < -0.4 is 0 Å². The van der Waals surface area contributed by atoms with E-state index in [0.717, 1.165) is 12.8 Å². The number of thioether (sulfide) groups is 1. The molecule has 2 fully saturated rings. The van der Waals surface area contributed by atoms with Gasteiger partial charge in [0.15, 0.2) is 5.78 Å². The summed E-state index contributed by atoms with van der Waals surface area (Å²) >= 11 is 2.07. The molecule has 2 aliphatic rings. The van der Waals surface area contributed by atoms with E-state index in [1.165, 1.54) is 12.8 Å². The van der Waals surface area contributed by atoms with Crippen LogP contribution in [0.2, 0.25) is 0 Å². The van der Waals surface area contributed by atoms with E-state index >= 15 is 0 Å². The zero-order valence-corrected chi connectivity index (χ0v) is 12.2. The van der Waals surface area contributed by atoms with Gasteiger partial charge in [-0.15, -0.1) is 0 Å². The molecule has 0 spiro atoms. The van der Waals surface area contributed by atoms with Crippen molar-refractivity contribution in [3.63, 3.8) is 0 Å². The molecule has 2 atom stereocenters. The van der Waals surface area contributed by atoms with E-state index in [0.29, 0.717) is 27.2 Å². The Bertz CT molecular complexity index is 490. The number of halogens is 1. The summed E-state index contributed by atoms with van der Waals surface area (Å²) < 4.78 is 13.6. The van der Waals surface area contributed by atoms with Gasteiger partial charge in [-0.05, 0) is 62.8 Å². The second kappa shape index (κ2) is 4.93. The average Bonchev–Trinajstić information content (AvgIpc) is 2.73. The third-order valence-corrected chi connectivity index (χ3v) is 6.01. The lowest BCUT2D eigenvalue weighted by Crippen LogP contribution is -2.25. The number of Topliss-reactive ketones (excluding diaryl/α,β-unsaturated/α-hetero) is 1. The molecular formula is C16H19FOS. The molecule has 0 aliphatic carbocycles. The van der Waals surface area contributed by atoms with Crippen molar-refractivity contribution >= 4 is 17.5 Å². The molecular weight excluding hydrogens is 259 g/mol. The fourth-order valence-electron chi connectivity index (χ4n) is 3.40. The first kappa shape index (κ1) is 13.2. The molecule has 2 unspecified atom stereocenters. The summed E-state index contributed by atoms with van der Waals surface area (Å²) in [5, 5.41) is 1.35. The van der Waals surface area contributed by atoms with Gasteiger partial charge in [-0.3, -0.25) is 4.79 Å². The zero-order chi connectivity index (χ0) is 13.6. The third kappa shape index (κ3) is 2.45. The monoisotopic (exact) mass is 278 g/mol. The molecule has 1 aromatic rings. The second-order valence-corrected chi connectivity index (χ2v) is 7.52. The van der Waals surface area contributed by atoms with Gasteiger partial charge in [0.2, 0.25) is 0 Å². The van der Waals surface area contributed by atoms with Crippen molar-refractivity contribution in [1.29, 1.82) is 0 Å². The van der Waals surface area contributed by atoms with E-state index in [1.807, 2.05) is 0 Å².